The van der Waals surface area contributed by atoms with Gasteiger partial charge in [-0.25, -0.2) is 0 Å². The quantitative estimate of drug-likeness (QED) is 0.592. The van der Waals surface area contributed by atoms with Crippen molar-refractivity contribution in [2.45, 2.75) is 0 Å². The molecule has 0 aliphatic carbocycles. The molecule has 0 fully saturated rings. The van der Waals surface area contributed by atoms with Gasteiger partial charge in [0, 0.05) is 0 Å². The number of nitrogens with one attached hydrogen (secondary N) is 2. The zero-order valence-electron chi connectivity index (χ0n) is 11.4. The van der Waals surface area contributed by atoms with Crippen molar-refractivity contribution < 1.29 is 14.3 Å². The summed E-state index contributed by atoms with van der Waals surface area (Å²) in [5, 5.41) is 4.94. The molecule has 0 unspecified atom stereocenters. The van der Waals surface area contributed by atoms with Gasteiger partial charge >= 0.3 is 11.8 Å². The summed E-state index contributed by atoms with van der Waals surface area (Å²) in [4.78, 5) is 23.7. The van der Waals surface area contributed by atoms with Gasteiger partial charge in [0.25, 0.3) is 0 Å². The lowest BCUT2D eigenvalue weighted by molar-refractivity contribution is -0.133. The van der Waals surface area contributed by atoms with E-state index in [9.17, 15) is 9.59 Å². The van der Waals surface area contributed by atoms with E-state index in [-0.39, 0.29) is 0 Å². The van der Waals surface area contributed by atoms with E-state index in [1.807, 2.05) is 0 Å². The van der Waals surface area contributed by atoms with Crippen LogP contribution in [0, 0.1) is 0 Å². The minimum atomic E-state index is -0.807. The number of hydrogen-bond acceptors (Lipinski definition) is 4. The van der Waals surface area contributed by atoms with Gasteiger partial charge in [-0.15, -0.1) is 0 Å². The first-order valence-corrected chi connectivity index (χ1v) is 6.21. The molecule has 0 heterocycles. The van der Waals surface area contributed by atoms with E-state index in [0.717, 1.165) is 0 Å². The highest BCUT2D eigenvalue weighted by atomic mass is 16.5. The molecule has 0 aliphatic heterocycles. The number of amides is 2. The van der Waals surface area contributed by atoms with Gasteiger partial charge in [-0.2, -0.15) is 0 Å². The molecule has 2 aromatic carbocycles. The summed E-state index contributed by atoms with van der Waals surface area (Å²) < 4.78 is 5.10. The van der Waals surface area contributed by atoms with Crippen LogP contribution < -0.4 is 21.1 Å². The molecule has 2 aromatic rings. The SMILES string of the molecule is COc1ccccc1NC(=O)C(=O)Nc1ccccc1N. The average Bonchev–Trinajstić information content (AvgIpc) is 2.50. The van der Waals surface area contributed by atoms with E-state index in [2.05, 4.69) is 10.6 Å². The second-order valence-corrected chi connectivity index (χ2v) is 4.20. The molecular weight excluding hydrogens is 270 g/mol. The lowest BCUT2D eigenvalue weighted by Crippen LogP contribution is -2.29. The molecule has 0 saturated carbocycles. The molecule has 2 rings (SSSR count). The van der Waals surface area contributed by atoms with Crippen molar-refractivity contribution in [3.63, 3.8) is 0 Å². The van der Waals surface area contributed by atoms with E-state index in [4.69, 9.17) is 10.5 Å². The predicted octanol–water partition coefficient (Wildman–Crippen LogP) is 1.85. The number of carbonyl (C=O) groups is 2. The van der Waals surface area contributed by atoms with Crippen LogP contribution in [-0.2, 0) is 9.59 Å². The van der Waals surface area contributed by atoms with Gasteiger partial charge in [0.2, 0.25) is 0 Å². The summed E-state index contributed by atoms with van der Waals surface area (Å²) in [5.74, 6) is -1.14. The summed E-state index contributed by atoms with van der Waals surface area (Å²) in [6.45, 7) is 0. The van der Waals surface area contributed by atoms with Crippen LogP contribution in [0.5, 0.6) is 5.75 Å². The van der Waals surface area contributed by atoms with Gasteiger partial charge in [0.05, 0.1) is 24.2 Å². The molecule has 2 amide bonds. The van der Waals surface area contributed by atoms with Gasteiger partial charge in [-0.1, -0.05) is 24.3 Å². The first-order valence-electron chi connectivity index (χ1n) is 6.21. The Labute approximate surface area is 121 Å². The summed E-state index contributed by atoms with van der Waals surface area (Å²) >= 11 is 0. The molecule has 0 bridgehead atoms. The summed E-state index contributed by atoms with van der Waals surface area (Å²) in [6.07, 6.45) is 0. The fraction of sp³-hybridized carbons (Fsp3) is 0.0667. The first-order chi connectivity index (χ1) is 10.1. The molecule has 6 heteroatoms. The molecule has 0 aromatic heterocycles. The third-order valence-electron chi connectivity index (χ3n) is 2.77. The van der Waals surface area contributed by atoms with Gasteiger partial charge in [0.15, 0.2) is 0 Å². The Bertz CT molecular complexity index is 671. The summed E-state index contributed by atoms with van der Waals surface area (Å²) in [7, 11) is 1.48. The summed E-state index contributed by atoms with van der Waals surface area (Å²) in [5.41, 5.74) is 6.89. The number of benzene rings is 2. The lowest BCUT2D eigenvalue weighted by atomic mass is 10.2. The highest BCUT2D eigenvalue weighted by Gasteiger charge is 2.16. The predicted molar refractivity (Wildman–Crippen MR) is 81.1 cm³/mol. The maximum absolute atomic E-state index is 11.9. The number of anilines is 3. The fourth-order valence-corrected chi connectivity index (χ4v) is 1.72. The zero-order valence-corrected chi connectivity index (χ0v) is 11.4. The van der Waals surface area contributed by atoms with E-state index in [0.29, 0.717) is 22.8 Å². The van der Waals surface area contributed by atoms with E-state index < -0.39 is 11.8 Å². The minimum Gasteiger partial charge on any atom is -0.495 e. The van der Waals surface area contributed by atoms with Crippen LogP contribution in [0.1, 0.15) is 0 Å². The number of rotatable bonds is 3. The maximum Gasteiger partial charge on any atom is 0.314 e. The lowest BCUT2D eigenvalue weighted by Gasteiger charge is -2.10. The van der Waals surface area contributed by atoms with Crippen LogP contribution in [0.25, 0.3) is 0 Å². The van der Waals surface area contributed by atoms with Gasteiger partial charge in [-0.05, 0) is 24.3 Å². The zero-order chi connectivity index (χ0) is 15.2. The molecule has 6 nitrogen and oxygen atoms in total. The van der Waals surface area contributed by atoms with Crippen molar-refractivity contribution in [3.8, 4) is 5.75 Å². The third-order valence-corrected chi connectivity index (χ3v) is 2.77. The van der Waals surface area contributed by atoms with Gasteiger partial charge in [-0.3, -0.25) is 9.59 Å². The van der Waals surface area contributed by atoms with Crippen LogP contribution in [0.2, 0.25) is 0 Å². The normalized spacial score (nSPS) is 9.76. The fourth-order valence-electron chi connectivity index (χ4n) is 1.72. The number of nitrogen functional groups attached to an aromatic ring is 1. The van der Waals surface area contributed by atoms with Gasteiger partial charge in [0.1, 0.15) is 5.75 Å². The highest BCUT2D eigenvalue weighted by Crippen LogP contribution is 2.23. The van der Waals surface area contributed by atoms with Crippen LogP contribution in [0.3, 0.4) is 0 Å². The Morgan fingerprint density at radius 1 is 0.905 bits per heavy atom. The Morgan fingerprint density at radius 3 is 2.05 bits per heavy atom. The van der Waals surface area contributed by atoms with E-state index >= 15 is 0 Å². The molecule has 0 saturated heterocycles. The second kappa shape index (κ2) is 6.42. The van der Waals surface area contributed by atoms with Crippen molar-refractivity contribution in [3.05, 3.63) is 48.5 Å². The number of para-hydroxylation sites is 4. The van der Waals surface area contributed by atoms with E-state index in [1.54, 1.807) is 48.5 Å². The van der Waals surface area contributed by atoms with Crippen molar-refractivity contribution in [2.24, 2.45) is 0 Å². The van der Waals surface area contributed by atoms with Crippen molar-refractivity contribution in [1.82, 2.24) is 0 Å². The standard InChI is InChI=1S/C15H15N3O3/c1-21-13-9-5-4-8-12(13)18-15(20)14(19)17-11-7-3-2-6-10(11)16/h2-9H,16H2,1H3,(H,17,19)(H,18,20). The molecule has 0 atom stereocenters. The Balaban J connectivity index is 2.07. The molecule has 0 spiro atoms. The molecule has 0 radical (unpaired) electrons. The number of hydrogen-bond donors (Lipinski definition) is 3. The molecule has 0 aliphatic rings. The highest BCUT2D eigenvalue weighted by molar-refractivity contribution is 6.44. The number of nitrogens with two attached hydrogens (primary N) is 1. The molecular formula is C15H15N3O3. The van der Waals surface area contributed by atoms with Crippen LogP contribution in [-0.4, -0.2) is 18.9 Å². The number of carbonyl (C=O) groups excluding carboxylic acids is 2. The first kappa shape index (κ1) is 14.4. The summed E-state index contributed by atoms with van der Waals surface area (Å²) in [6, 6.07) is 13.5. The van der Waals surface area contributed by atoms with Crippen molar-refractivity contribution >= 4 is 28.9 Å². The van der Waals surface area contributed by atoms with E-state index in [1.165, 1.54) is 7.11 Å². The maximum atomic E-state index is 11.9. The monoisotopic (exact) mass is 285 g/mol. The number of methoxy groups -OCH3 is 1. The topological polar surface area (TPSA) is 93.4 Å². The minimum absolute atomic E-state index is 0.385. The average molecular weight is 285 g/mol. The molecule has 4 N–H and O–H groups in total. The third kappa shape index (κ3) is 3.50. The number of ether oxygens (including phenoxy) is 1. The van der Waals surface area contributed by atoms with Crippen molar-refractivity contribution in [1.29, 1.82) is 0 Å². The smallest absolute Gasteiger partial charge is 0.314 e. The largest absolute Gasteiger partial charge is 0.495 e. The van der Waals surface area contributed by atoms with Crippen LogP contribution in [0.15, 0.2) is 48.5 Å². The Hall–Kier alpha value is -3.02. The van der Waals surface area contributed by atoms with Crippen LogP contribution >= 0.6 is 0 Å². The van der Waals surface area contributed by atoms with Crippen molar-refractivity contribution in [2.75, 3.05) is 23.5 Å². The van der Waals surface area contributed by atoms with Gasteiger partial charge < -0.3 is 21.1 Å². The molecule has 21 heavy (non-hydrogen) atoms. The Morgan fingerprint density at radius 2 is 1.43 bits per heavy atom. The Kier molecular flexibility index (Phi) is 4.40. The van der Waals surface area contributed by atoms with Crippen LogP contribution in [0.4, 0.5) is 17.1 Å². The second-order valence-electron chi connectivity index (χ2n) is 4.20. The molecule has 108 valence electrons.